The van der Waals surface area contributed by atoms with E-state index in [1.165, 1.54) is 5.56 Å². The smallest absolute Gasteiger partial charge is 0.121 e. The molecule has 0 radical (unpaired) electrons. The summed E-state index contributed by atoms with van der Waals surface area (Å²) in [5.74, 6) is 2.34. The molecule has 0 amide bonds. The number of nitrogens with one attached hydrogen (secondary N) is 1. The van der Waals surface area contributed by atoms with Crippen molar-refractivity contribution in [2.24, 2.45) is 5.92 Å². The van der Waals surface area contributed by atoms with Gasteiger partial charge in [-0.05, 0) is 49.6 Å². The van der Waals surface area contributed by atoms with E-state index in [-0.39, 0.29) is 6.10 Å². The molecule has 0 saturated heterocycles. The van der Waals surface area contributed by atoms with Crippen LogP contribution >= 0.6 is 0 Å². The number of benzene rings is 2. The first-order chi connectivity index (χ1) is 11.0. The first kappa shape index (κ1) is 17.2. The van der Waals surface area contributed by atoms with Crippen LogP contribution < -0.4 is 14.8 Å². The van der Waals surface area contributed by atoms with Crippen LogP contribution in [0, 0.1) is 5.92 Å². The first-order valence-electron chi connectivity index (χ1n) is 8.25. The molecule has 0 aliphatic carbocycles. The highest BCUT2D eigenvalue weighted by Crippen LogP contribution is 2.20. The molecule has 2 aromatic rings. The predicted molar refractivity (Wildman–Crippen MR) is 96.3 cm³/mol. The Bertz CT molecular complexity index is 608. The Morgan fingerprint density at radius 1 is 0.913 bits per heavy atom. The Labute approximate surface area is 139 Å². The van der Waals surface area contributed by atoms with Gasteiger partial charge < -0.3 is 14.8 Å². The molecule has 2 rings (SSSR count). The highest BCUT2D eigenvalue weighted by molar-refractivity contribution is 5.48. The van der Waals surface area contributed by atoms with Gasteiger partial charge in [0, 0.05) is 18.3 Å². The lowest BCUT2D eigenvalue weighted by molar-refractivity contribution is 0.242. The number of ether oxygens (including phenoxy) is 2. The van der Waals surface area contributed by atoms with Crippen LogP contribution in [0.3, 0.4) is 0 Å². The van der Waals surface area contributed by atoms with E-state index < -0.39 is 0 Å². The molecule has 0 bridgehead atoms. The lowest BCUT2D eigenvalue weighted by Gasteiger charge is -2.13. The van der Waals surface area contributed by atoms with E-state index in [4.69, 9.17) is 9.47 Å². The molecule has 0 saturated carbocycles. The topological polar surface area (TPSA) is 30.5 Å². The summed E-state index contributed by atoms with van der Waals surface area (Å²) in [6, 6.07) is 16.3. The fraction of sp³-hybridized carbons (Fsp3) is 0.400. The summed E-state index contributed by atoms with van der Waals surface area (Å²) in [7, 11) is 0. The largest absolute Gasteiger partial charge is 0.493 e. The van der Waals surface area contributed by atoms with Gasteiger partial charge in [-0.25, -0.2) is 0 Å². The summed E-state index contributed by atoms with van der Waals surface area (Å²) in [6.45, 7) is 9.86. The van der Waals surface area contributed by atoms with E-state index >= 15 is 0 Å². The zero-order valence-corrected chi connectivity index (χ0v) is 14.5. The molecule has 0 heterocycles. The van der Waals surface area contributed by atoms with Gasteiger partial charge in [-0.15, -0.1) is 0 Å². The standard InChI is InChI=1S/C20H27NO2/c1-15(2)14-22-19-9-5-7-17(11-19)13-21-18-8-6-10-20(12-18)23-16(3)4/h5-12,15-16,21H,13-14H2,1-4H3. The molecule has 0 spiro atoms. The van der Waals surface area contributed by atoms with Gasteiger partial charge in [0.2, 0.25) is 0 Å². The molecule has 3 heteroatoms. The van der Waals surface area contributed by atoms with Gasteiger partial charge in [0.15, 0.2) is 0 Å². The van der Waals surface area contributed by atoms with E-state index in [0.29, 0.717) is 5.92 Å². The minimum absolute atomic E-state index is 0.181. The van der Waals surface area contributed by atoms with Crippen LogP contribution in [0.2, 0.25) is 0 Å². The van der Waals surface area contributed by atoms with Gasteiger partial charge in [0.1, 0.15) is 11.5 Å². The van der Waals surface area contributed by atoms with E-state index in [9.17, 15) is 0 Å². The lowest BCUT2D eigenvalue weighted by Crippen LogP contribution is -2.06. The van der Waals surface area contributed by atoms with Crippen molar-refractivity contribution in [3.63, 3.8) is 0 Å². The summed E-state index contributed by atoms with van der Waals surface area (Å²) in [5, 5.41) is 3.43. The minimum Gasteiger partial charge on any atom is -0.493 e. The average Bonchev–Trinajstić information content (AvgIpc) is 2.51. The average molecular weight is 313 g/mol. The third-order valence-corrected chi connectivity index (χ3v) is 3.18. The molecular weight excluding hydrogens is 286 g/mol. The number of hydrogen-bond donors (Lipinski definition) is 1. The second kappa shape index (κ2) is 8.47. The zero-order valence-electron chi connectivity index (χ0n) is 14.5. The van der Waals surface area contributed by atoms with Crippen LogP contribution in [0.5, 0.6) is 11.5 Å². The summed E-state index contributed by atoms with van der Waals surface area (Å²) in [5.41, 5.74) is 2.25. The number of anilines is 1. The second-order valence-corrected chi connectivity index (χ2v) is 6.40. The molecule has 0 fully saturated rings. The fourth-order valence-corrected chi connectivity index (χ4v) is 2.16. The van der Waals surface area contributed by atoms with E-state index in [2.05, 4.69) is 31.3 Å². The third kappa shape index (κ3) is 6.23. The van der Waals surface area contributed by atoms with E-state index in [1.807, 2.05) is 50.2 Å². The molecule has 1 N–H and O–H groups in total. The highest BCUT2D eigenvalue weighted by atomic mass is 16.5. The van der Waals surface area contributed by atoms with Crippen molar-refractivity contribution in [3.8, 4) is 11.5 Å². The first-order valence-corrected chi connectivity index (χ1v) is 8.25. The van der Waals surface area contributed by atoms with Crippen molar-refractivity contribution in [1.29, 1.82) is 0 Å². The molecule has 0 aromatic heterocycles. The van der Waals surface area contributed by atoms with Crippen LogP contribution in [0.4, 0.5) is 5.69 Å². The summed E-state index contributed by atoms with van der Waals surface area (Å²) < 4.78 is 11.5. The van der Waals surface area contributed by atoms with Crippen molar-refractivity contribution < 1.29 is 9.47 Å². The van der Waals surface area contributed by atoms with Crippen molar-refractivity contribution in [1.82, 2.24) is 0 Å². The fourth-order valence-electron chi connectivity index (χ4n) is 2.16. The van der Waals surface area contributed by atoms with Crippen molar-refractivity contribution in [2.45, 2.75) is 40.3 Å². The normalized spacial score (nSPS) is 10.9. The quantitative estimate of drug-likeness (QED) is 0.733. The molecular formula is C20H27NO2. The molecule has 3 nitrogen and oxygen atoms in total. The highest BCUT2D eigenvalue weighted by Gasteiger charge is 2.02. The zero-order chi connectivity index (χ0) is 16.7. The van der Waals surface area contributed by atoms with Gasteiger partial charge in [0.25, 0.3) is 0 Å². The van der Waals surface area contributed by atoms with Gasteiger partial charge in [0.05, 0.1) is 12.7 Å². The summed E-state index contributed by atoms with van der Waals surface area (Å²) in [4.78, 5) is 0. The van der Waals surface area contributed by atoms with Crippen molar-refractivity contribution in [3.05, 3.63) is 54.1 Å². The summed E-state index contributed by atoms with van der Waals surface area (Å²) >= 11 is 0. The van der Waals surface area contributed by atoms with Gasteiger partial charge in [-0.1, -0.05) is 32.0 Å². The maximum atomic E-state index is 5.78. The second-order valence-electron chi connectivity index (χ2n) is 6.40. The Morgan fingerprint density at radius 3 is 2.39 bits per heavy atom. The van der Waals surface area contributed by atoms with E-state index in [1.54, 1.807) is 0 Å². The Hall–Kier alpha value is -2.16. The van der Waals surface area contributed by atoms with E-state index in [0.717, 1.165) is 30.3 Å². The molecule has 0 aliphatic rings. The number of rotatable bonds is 8. The van der Waals surface area contributed by atoms with Gasteiger partial charge >= 0.3 is 0 Å². The lowest BCUT2D eigenvalue weighted by atomic mass is 10.2. The minimum atomic E-state index is 0.181. The Balaban J connectivity index is 1.94. The maximum Gasteiger partial charge on any atom is 0.121 e. The molecule has 2 aromatic carbocycles. The SMILES string of the molecule is CC(C)COc1cccc(CNc2cccc(OC(C)C)c2)c1. The monoisotopic (exact) mass is 313 g/mol. The maximum absolute atomic E-state index is 5.78. The Kier molecular flexibility index (Phi) is 6.33. The van der Waals surface area contributed by atoms with Crippen molar-refractivity contribution in [2.75, 3.05) is 11.9 Å². The van der Waals surface area contributed by atoms with Gasteiger partial charge in [-0.2, -0.15) is 0 Å². The van der Waals surface area contributed by atoms with Crippen LogP contribution in [-0.2, 0) is 6.54 Å². The molecule has 0 unspecified atom stereocenters. The molecule has 124 valence electrons. The van der Waals surface area contributed by atoms with Crippen LogP contribution in [0.25, 0.3) is 0 Å². The van der Waals surface area contributed by atoms with Crippen LogP contribution in [0.1, 0.15) is 33.3 Å². The predicted octanol–water partition coefficient (Wildman–Crippen LogP) is 5.12. The molecule has 23 heavy (non-hydrogen) atoms. The molecule has 0 aliphatic heterocycles. The van der Waals surface area contributed by atoms with Crippen molar-refractivity contribution >= 4 is 5.69 Å². The van der Waals surface area contributed by atoms with Crippen LogP contribution in [-0.4, -0.2) is 12.7 Å². The van der Waals surface area contributed by atoms with Gasteiger partial charge in [-0.3, -0.25) is 0 Å². The summed E-state index contributed by atoms with van der Waals surface area (Å²) in [6.07, 6.45) is 0.181. The van der Waals surface area contributed by atoms with Crippen LogP contribution in [0.15, 0.2) is 48.5 Å². The third-order valence-electron chi connectivity index (χ3n) is 3.18. The number of hydrogen-bond acceptors (Lipinski definition) is 3. The molecule has 0 atom stereocenters. The Morgan fingerprint density at radius 2 is 1.65 bits per heavy atom.